The van der Waals surface area contributed by atoms with Gasteiger partial charge in [0.1, 0.15) is 0 Å². The van der Waals surface area contributed by atoms with Gasteiger partial charge < -0.3 is 23.7 Å². The normalized spacial score (nSPS) is 11.0. The van der Waals surface area contributed by atoms with Crippen molar-refractivity contribution in [2.45, 2.75) is 25.7 Å². The van der Waals surface area contributed by atoms with Crippen molar-refractivity contribution < 1.29 is 23.7 Å². The summed E-state index contributed by atoms with van der Waals surface area (Å²) in [5, 5.41) is 0. The van der Waals surface area contributed by atoms with Crippen molar-refractivity contribution in [2.24, 2.45) is 0 Å². The minimum absolute atomic E-state index is 0.564. The van der Waals surface area contributed by atoms with Gasteiger partial charge in [0.15, 0.2) is 0 Å². The molecule has 0 saturated heterocycles. The van der Waals surface area contributed by atoms with E-state index < -0.39 is 0 Å². The van der Waals surface area contributed by atoms with Crippen molar-refractivity contribution in [1.82, 2.24) is 0 Å². The average Bonchev–Trinajstić information content (AvgIpc) is 2.57. The van der Waals surface area contributed by atoms with Gasteiger partial charge in [0, 0.05) is 12.5 Å². The highest BCUT2D eigenvalue weighted by molar-refractivity contribution is 6.17. The summed E-state index contributed by atoms with van der Waals surface area (Å²) in [7, 11) is 0. The first kappa shape index (κ1) is 22.8. The molecular weight excluding hydrogens is 320 g/mol. The van der Waals surface area contributed by atoms with Crippen molar-refractivity contribution in [1.29, 1.82) is 0 Å². The van der Waals surface area contributed by atoms with Crippen LogP contribution in [0, 0.1) is 0 Å². The third kappa shape index (κ3) is 21.8. The standard InChI is InChI=1S/C17H33ClO5/c1-2-8-19-10-12-21-14-16-23-17-15-22-13-11-20-9-6-4-3-5-7-18/h2H,1,3-17H2. The van der Waals surface area contributed by atoms with E-state index in [1.807, 2.05) is 0 Å². The number of alkyl halides is 1. The van der Waals surface area contributed by atoms with E-state index in [0.29, 0.717) is 59.5 Å². The molecule has 0 aliphatic rings. The van der Waals surface area contributed by atoms with Crippen molar-refractivity contribution in [2.75, 3.05) is 71.9 Å². The van der Waals surface area contributed by atoms with Crippen LogP contribution in [-0.4, -0.2) is 71.9 Å². The molecule has 0 fully saturated rings. The van der Waals surface area contributed by atoms with Gasteiger partial charge in [0.25, 0.3) is 0 Å². The van der Waals surface area contributed by atoms with Crippen molar-refractivity contribution in [3.05, 3.63) is 12.7 Å². The molecule has 138 valence electrons. The van der Waals surface area contributed by atoms with Crippen LogP contribution in [0.3, 0.4) is 0 Å². The molecule has 6 heteroatoms. The van der Waals surface area contributed by atoms with Crippen LogP contribution >= 0.6 is 11.6 Å². The Bertz CT molecular complexity index is 229. The molecule has 0 radical (unpaired) electrons. The molecule has 0 rings (SSSR count). The van der Waals surface area contributed by atoms with Gasteiger partial charge in [-0.1, -0.05) is 18.9 Å². The molecule has 0 aromatic carbocycles. The van der Waals surface area contributed by atoms with Gasteiger partial charge in [-0.3, -0.25) is 0 Å². The summed E-state index contributed by atoms with van der Waals surface area (Å²) in [6.45, 7) is 9.66. The van der Waals surface area contributed by atoms with Crippen molar-refractivity contribution in [3.8, 4) is 0 Å². The lowest BCUT2D eigenvalue weighted by atomic mass is 10.2. The van der Waals surface area contributed by atoms with E-state index in [-0.39, 0.29) is 0 Å². The molecule has 0 unspecified atom stereocenters. The van der Waals surface area contributed by atoms with E-state index in [1.165, 1.54) is 12.8 Å². The first-order valence-electron chi connectivity index (χ1n) is 8.47. The largest absolute Gasteiger partial charge is 0.379 e. The van der Waals surface area contributed by atoms with E-state index in [9.17, 15) is 0 Å². The van der Waals surface area contributed by atoms with Crippen LogP contribution < -0.4 is 0 Å². The number of rotatable bonds is 20. The Morgan fingerprint density at radius 2 is 1.00 bits per heavy atom. The molecule has 0 saturated carbocycles. The zero-order chi connectivity index (χ0) is 16.8. The van der Waals surface area contributed by atoms with Crippen molar-refractivity contribution >= 4 is 11.6 Å². The number of unbranched alkanes of at least 4 members (excludes halogenated alkanes) is 3. The van der Waals surface area contributed by atoms with Gasteiger partial charge in [0.05, 0.1) is 59.5 Å². The van der Waals surface area contributed by atoms with E-state index in [1.54, 1.807) is 6.08 Å². The minimum atomic E-state index is 0.564. The second kappa shape index (κ2) is 21.8. The van der Waals surface area contributed by atoms with Crippen LogP contribution in [0.5, 0.6) is 0 Å². The molecule has 0 amide bonds. The van der Waals surface area contributed by atoms with Crippen LogP contribution in [-0.2, 0) is 23.7 Å². The summed E-state index contributed by atoms with van der Waals surface area (Å²) in [5.41, 5.74) is 0. The predicted octanol–water partition coefficient (Wildman–Crippen LogP) is 3.05. The average molecular weight is 353 g/mol. The van der Waals surface area contributed by atoms with Crippen molar-refractivity contribution in [3.63, 3.8) is 0 Å². The molecule has 0 aromatic rings. The third-order valence-electron chi connectivity index (χ3n) is 2.90. The smallest absolute Gasteiger partial charge is 0.0704 e. The fourth-order valence-electron chi connectivity index (χ4n) is 1.70. The molecule has 0 heterocycles. The second-order valence-electron chi connectivity index (χ2n) is 4.92. The highest BCUT2D eigenvalue weighted by Crippen LogP contribution is 2.00. The highest BCUT2D eigenvalue weighted by Gasteiger charge is 1.94. The SMILES string of the molecule is C=CCOCCOCCOCCOCCOCCCCCCCl. The van der Waals surface area contributed by atoms with Crippen LogP contribution in [0.25, 0.3) is 0 Å². The third-order valence-corrected chi connectivity index (χ3v) is 3.16. The Morgan fingerprint density at radius 3 is 1.48 bits per heavy atom. The highest BCUT2D eigenvalue weighted by atomic mass is 35.5. The van der Waals surface area contributed by atoms with Crippen LogP contribution in [0.2, 0.25) is 0 Å². The molecule has 0 spiro atoms. The molecule has 0 aliphatic carbocycles. The van der Waals surface area contributed by atoms with E-state index >= 15 is 0 Å². The summed E-state index contributed by atoms with van der Waals surface area (Å²) in [5.74, 6) is 0.757. The molecule has 23 heavy (non-hydrogen) atoms. The summed E-state index contributed by atoms with van der Waals surface area (Å²) in [4.78, 5) is 0. The minimum Gasteiger partial charge on any atom is -0.379 e. The van der Waals surface area contributed by atoms with E-state index in [2.05, 4.69) is 6.58 Å². The van der Waals surface area contributed by atoms with Gasteiger partial charge in [-0.15, -0.1) is 18.2 Å². The molecule has 0 bridgehead atoms. The Balaban J connectivity index is 2.93. The van der Waals surface area contributed by atoms with Gasteiger partial charge >= 0.3 is 0 Å². The monoisotopic (exact) mass is 352 g/mol. The van der Waals surface area contributed by atoms with Gasteiger partial charge in [-0.05, 0) is 12.8 Å². The molecule has 0 aromatic heterocycles. The first-order valence-corrected chi connectivity index (χ1v) is 9.01. The maximum atomic E-state index is 5.61. The fraction of sp³-hybridized carbons (Fsp3) is 0.882. The molecule has 0 N–H and O–H groups in total. The van der Waals surface area contributed by atoms with Crippen LogP contribution in [0.1, 0.15) is 25.7 Å². The predicted molar refractivity (Wildman–Crippen MR) is 93.5 cm³/mol. The van der Waals surface area contributed by atoms with E-state index in [0.717, 1.165) is 25.3 Å². The number of ether oxygens (including phenoxy) is 5. The number of halogens is 1. The molecule has 0 atom stereocenters. The topological polar surface area (TPSA) is 46.2 Å². The first-order chi connectivity index (χ1) is 11.4. The summed E-state index contributed by atoms with van der Waals surface area (Å²) in [6.07, 6.45) is 6.28. The molecular formula is C17H33ClO5. The Labute approximate surface area is 146 Å². The van der Waals surface area contributed by atoms with Crippen LogP contribution in [0.4, 0.5) is 0 Å². The van der Waals surface area contributed by atoms with Gasteiger partial charge in [-0.25, -0.2) is 0 Å². The summed E-state index contributed by atoms with van der Waals surface area (Å²) >= 11 is 5.61. The molecule has 5 nitrogen and oxygen atoms in total. The Morgan fingerprint density at radius 1 is 0.565 bits per heavy atom. The number of hydrogen-bond donors (Lipinski definition) is 0. The zero-order valence-corrected chi connectivity index (χ0v) is 15.1. The second-order valence-corrected chi connectivity index (χ2v) is 5.29. The van der Waals surface area contributed by atoms with E-state index in [4.69, 9.17) is 35.3 Å². The maximum Gasteiger partial charge on any atom is 0.0704 e. The summed E-state index contributed by atoms with van der Waals surface area (Å²) in [6, 6.07) is 0. The van der Waals surface area contributed by atoms with Gasteiger partial charge in [0.2, 0.25) is 0 Å². The lowest BCUT2D eigenvalue weighted by molar-refractivity contribution is -0.00958. The summed E-state index contributed by atoms with van der Waals surface area (Å²) < 4.78 is 26.8. The Kier molecular flexibility index (Phi) is 21.7. The fourth-order valence-corrected chi connectivity index (χ4v) is 1.89. The zero-order valence-electron chi connectivity index (χ0n) is 14.3. The quantitative estimate of drug-likeness (QED) is 0.191. The van der Waals surface area contributed by atoms with Gasteiger partial charge in [-0.2, -0.15) is 0 Å². The van der Waals surface area contributed by atoms with Crippen LogP contribution in [0.15, 0.2) is 12.7 Å². The lowest BCUT2D eigenvalue weighted by Crippen LogP contribution is -2.13. The molecule has 0 aliphatic heterocycles. The number of hydrogen-bond acceptors (Lipinski definition) is 5. The maximum absolute atomic E-state index is 5.61. The Hall–Kier alpha value is -0.170. The lowest BCUT2D eigenvalue weighted by Gasteiger charge is -2.07.